The Hall–Kier alpha value is -0.590. The van der Waals surface area contributed by atoms with Crippen LogP contribution in [0.2, 0.25) is 0 Å². The number of halogens is 1. The number of hydrogen-bond donors (Lipinski definition) is 2. The molecule has 0 spiro atoms. The molecule has 1 aromatic rings. The molecule has 1 aliphatic heterocycles. The summed E-state index contributed by atoms with van der Waals surface area (Å²) in [5, 5.41) is 6.77. The van der Waals surface area contributed by atoms with E-state index >= 15 is 0 Å². The minimum atomic E-state index is 0.0257. The number of thioether (sulfide) groups is 1. The topological polar surface area (TPSA) is 54.0 Å². The zero-order chi connectivity index (χ0) is 13.7. The zero-order valence-corrected chi connectivity index (χ0v) is 13.3. The molecule has 1 amide bonds. The van der Waals surface area contributed by atoms with Crippen molar-refractivity contribution >= 4 is 39.4 Å². The highest BCUT2D eigenvalue weighted by molar-refractivity contribution is 9.10. The zero-order valence-electron chi connectivity index (χ0n) is 10.9. The van der Waals surface area contributed by atoms with Crippen molar-refractivity contribution in [3.63, 3.8) is 0 Å². The van der Waals surface area contributed by atoms with Gasteiger partial charge in [0.15, 0.2) is 0 Å². The van der Waals surface area contributed by atoms with Crippen molar-refractivity contribution in [2.24, 2.45) is 0 Å². The summed E-state index contributed by atoms with van der Waals surface area (Å²) in [6.07, 6.45) is 4.01. The Balaban J connectivity index is 1.78. The predicted molar refractivity (Wildman–Crippen MR) is 83.7 cm³/mol. The Kier molecular flexibility index (Phi) is 5.66. The van der Waals surface area contributed by atoms with Crippen LogP contribution in [0.25, 0.3) is 0 Å². The molecule has 6 heteroatoms. The van der Waals surface area contributed by atoms with Gasteiger partial charge >= 0.3 is 0 Å². The monoisotopic (exact) mass is 343 g/mol. The standard InChI is InChI=1S/C13H18BrN3OS/c1-9-6-12(16-7-11(9)14)17-13(18)8-19-10-2-4-15-5-3-10/h6-7,10,15H,2-5,8H2,1H3,(H,16,17,18). The molecule has 1 saturated heterocycles. The van der Waals surface area contributed by atoms with Crippen molar-refractivity contribution in [2.75, 3.05) is 24.2 Å². The molecular formula is C13H18BrN3OS. The van der Waals surface area contributed by atoms with Crippen molar-refractivity contribution in [3.05, 3.63) is 22.3 Å². The second-order valence-electron chi connectivity index (χ2n) is 4.63. The van der Waals surface area contributed by atoms with E-state index in [9.17, 15) is 4.79 Å². The van der Waals surface area contributed by atoms with Gasteiger partial charge in [0.2, 0.25) is 5.91 Å². The highest BCUT2D eigenvalue weighted by Gasteiger charge is 2.15. The molecule has 0 bridgehead atoms. The van der Waals surface area contributed by atoms with E-state index in [1.165, 1.54) is 0 Å². The minimum absolute atomic E-state index is 0.0257. The molecule has 1 aromatic heterocycles. The van der Waals surface area contributed by atoms with Crippen LogP contribution in [-0.4, -0.2) is 35.0 Å². The van der Waals surface area contributed by atoms with E-state index in [2.05, 4.69) is 31.5 Å². The van der Waals surface area contributed by atoms with Gasteiger partial charge in [0.1, 0.15) is 5.82 Å². The first kappa shape index (κ1) is 14.8. The van der Waals surface area contributed by atoms with Gasteiger partial charge in [-0.3, -0.25) is 4.79 Å². The van der Waals surface area contributed by atoms with Crippen LogP contribution in [0.15, 0.2) is 16.7 Å². The summed E-state index contributed by atoms with van der Waals surface area (Å²) in [6.45, 7) is 4.10. The Morgan fingerprint density at radius 2 is 2.32 bits per heavy atom. The predicted octanol–water partition coefficient (Wildman–Crippen LogP) is 2.58. The number of aromatic nitrogens is 1. The number of nitrogens with zero attached hydrogens (tertiary/aromatic N) is 1. The molecule has 0 radical (unpaired) electrons. The van der Waals surface area contributed by atoms with E-state index in [0.717, 1.165) is 36.0 Å². The molecule has 0 unspecified atom stereocenters. The van der Waals surface area contributed by atoms with E-state index in [1.54, 1.807) is 18.0 Å². The van der Waals surface area contributed by atoms with Gasteiger partial charge in [-0.1, -0.05) is 0 Å². The molecular weight excluding hydrogens is 326 g/mol. The van der Waals surface area contributed by atoms with E-state index in [4.69, 9.17) is 0 Å². The maximum absolute atomic E-state index is 11.9. The first-order chi connectivity index (χ1) is 9.15. The Bertz CT molecular complexity index is 450. The second kappa shape index (κ2) is 7.26. The molecule has 19 heavy (non-hydrogen) atoms. The maximum atomic E-state index is 11.9. The average molecular weight is 344 g/mol. The number of anilines is 1. The van der Waals surface area contributed by atoms with Gasteiger partial charge in [-0.2, -0.15) is 0 Å². The average Bonchev–Trinajstić information content (AvgIpc) is 2.42. The number of amides is 1. The molecule has 4 nitrogen and oxygen atoms in total. The highest BCUT2D eigenvalue weighted by Crippen LogP contribution is 2.21. The molecule has 1 fully saturated rings. The molecule has 104 valence electrons. The van der Waals surface area contributed by atoms with Crippen molar-refractivity contribution < 1.29 is 4.79 Å². The van der Waals surface area contributed by atoms with Gasteiger partial charge in [0, 0.05) is 15.9 Å². The largest absolute Gasteiger partial charge is 0.317 e. The number of rotatable bonds is 4. The number of piperidine rings is 1. The molecule has 2 rings (SSSR count). The lowest BCUT2D eigenvalue weighted by molar-refractivity contribution is -0.113. The quantitative estimate of drug-likeness (QED) is 0.882. The Morgan fingerprint density at radius 3 is 3.00 bits per heavy atom. The van der Waals surface area contributed by atoms with Gasteiger partial charge in [-0.25, -0.2) is 4.98 Å². The van der Waals surface area contributed by atoms with Crippen LogP contribution in [0.5, 0.6) is 0 Å². The summed E-state index contributed by atoms with van der Waals surface area (Å²) in [6, 6.07) is 1.87. The molecule has 0 saturated carbocycles. The minimum Gasteiger partial charge on any atom is -0.317 e. The van der Waals surface area contributed by atoms with E-state index in [-0.39, 0.29) is 5.91 Å². The lowest BCUT2D eigenvalue weighted by atomic mass is 10.2. The first-order valence-corrected chi connectivity index (χ1v) is 8.23. The van der Waals surface area contributed by atoms with E-state index < -0.39 is 0 Å². The van der Waals surface area contributed by atoms with Gasteiger partial charge in [-0.15, -0.1) is 11.8 Å². The van der Waals surface area contributed by atoms with Gasteiger partial charge in [0.05, 0.1) is 5.75 Å². The van der Waals surface area contributed by atoms with Crippen LogP contribution in [-0.2, 0) is 4.79 Å². The second-order valence-corrected chi connectivity index (χ2v) is 6.77. The lowest BCUT2D eigenvalue weighted by Gasteiger charge is -2.21. The Labute approximate surface area is 126 Å². The smallest absolute Gasteiger partial charge is 0.235 e. The normalized spacial score (nSPS) is 16.3. The number of pyridine rings is 1. The van der Waals surface area contributed by atoms with Crippen molar-refractivity contribution in [2.45, 2.75) is 25.0 Å². The maximum Gasteiger partial charge on any atom is 0.235 e. The van der Waals surface area contributed by atoms with Gasteiger partial charge < -0.3 is 10.6 Å². The van der Waals surface area contributed by atoms with Crippen LogP contribution in [0.3, 0.4) is 0 Å². The fourth-order valence-corrected chi connectivity index (χ4v) is 3.19. The fraction of sp³-hybridized carbons (Fsp3) is 0.538. The molecule has 0 aromatic carbocycles. The summed E-state index contributed by atoms with van der Waals surface area (Å²) in [5.74, 6) is 1.15. The lowest BCUT2D eigenvalue weighted by Crippen LogP contribution is -2.30. The number of nitrogens with one attached hydrogen (secondary N) is 2. The first-order valence-electron chi connectivity index (χ1n) is 6.39. The summed E-state index contributed by atoms with van der Waals surface area (Å²) < 4.78 is 0.953. The van der Waals surface area contributed by atoms with E-state index in [0.29, 0.717) is 16.8 Å². The third-order valence-corrected chi connectivity index (χ3v) is 5.25. The SMILES string of the molecule is Cc1cc(NC(=O)CSC2CCNCC2)ncc1Br. The van der Waals surface area contributed by atoms with Crippen LogP contribution in [0.1, 0.15) is 18.4 Å². The van der Waals surface area contributed by atoms with Gasteiger partial charge in [0.25, 0.3) is 0 Å². The van der Waals surface area contributed by atoms with Crippen molar-refractivity contribution in [3.8, 4) is 0 Å². The summed E-state index contributed by atoms with van der Waals surface area (Å²) in [4.78, 5) is 16.0. The third-order valence-electron chi connectivity index (χ3n) is 3.05. The van der Waals surface area contributed by atoms with Crippen molar-refractivity contribution in [1.82, 2.24) is 10.3 Å². The number of carbonyl (C=O) groups excluding carboxylic acids is 1. The summed E-state index contributed by atoms with van der Waals surface area (Å²) in [5.41, 5.74) is 1.07. The number of hydrogen-bond acceptors (Lipinski definition) is 4. The third kappa shape index (κ3) is 4.78. The molecule has 0 aliphatic carbocycles. The van der Waals surface area contributed by atoms with Crippen LogP contribution in [0, 0.1) is 6.92 Å². The fourth-order valence-electron chi connectivity index (χ4n) is 1.94. The number of aryl methyl sites for hydroxylation is 1. The van der Waals surface area contributed by atoms with Crippen LogP contribution in [0.4, 0.5) is 5.82 Å². The van der Waals surface area contributed by atoms with Crippen LogP contribution < -0.4 is 10.6 Å². The molecule has 0 atom stereocenters. The number of carbonyl (C=O) groups is 1. The molecule has 1 aliphatic rings. The highest BCUT2D eigenvalue weighted by atomic mass is 79.9. The molecule has 2 heterocycles. The van der Waals surface area contributed by atoms with Crippen molar-refractivity contribution in [1.29, 1.82) is 0 Å². The van der Waals surface area contributed by atoms with Crippen LogP contribution >= 0.6 is 27.7 Å². The Morgan fingerprint density at radius 1 is 1.58 bits per heavy atom. The summed E-state index contributed by atoms with van der Waals surface area (Å²) in [7, 11) is 0. The van der Waals surface area contributed by atoms with Gasteiger partial charge in [-0.05, 0) is 60.4 Å². The van der Waals surface area contributed by atoms with E-state index in [1.807, 2.05) is 13.0 Å². The summed E-state index contributed by atoms with van der Waals surface area (Å²) >= 11 is 5.14. The molecule has 2 N–H and O–H groups in total.